The SMILES string of the molecule is CN1CCOCc2c(C#CC(C)(C)NC(=O)C3(C(F)F)CC3)cccc21. The summed E-state index contributed by atoms with van der Waals surface area (Å²) >= 11 is 0. The van der Waals surface area contributed by atoms with Gasteiger partial charge in [-0.2, -0.15) is 0 Å². The molecule has 1 heterocycles. The third kappa shape index (κ3) is 3.68. The second-order valence-electron chi connectivity index (χ2n) is 7.56. The van der Waals surface area contributed by atoms with E-state index in [1.165, 1.54) is 0 Å². The molecule has 1 aromatic rings. The van der Waals surface area contributed by atoms with Crippen LogP contribution in [0.1, 0.15) is 37.8 Å². The van der Waals surface area contributed by atoms with Crippen molar-refractivity contribution in [2.75, 3.05) is 25.1 Å². The first-order chi connectivity index (χ1) is 12.3. The first-order valence-corrected chi connectivity index (χ1v) is 8.80. The lowest BCUT2D eigenvalue weighted by atomic mass is 10.00. The Morgan fingerprint density at radius 3 is 2.77 bits per heavy atom. The monoisotopic (exact) mass is 362 g/mol. The number of anilines is 1. The summed E-state index contributed by atoms with van der Waals surface area (Å²) in [5.74, 6) is 5.53. The molecular weight excluding hydrogens is 338 g/mol. The Hall–Kier alpha value is -2.13. The van der Waals surface area contributed by atoms with E-state index >= 15 is 0 Å². The minimum Gasteiger partial charge on any atom is -0.375 e. The number of alkyl halides is 2. The molecule has 6 heteroatoms. The summed E-state index contributed by atoms with van der Waals surface area (Å²) in [5.41, 5.74) is 0.494. The van der Waals surface area contributed by atoms with Gasteiger partial charge in [-0.05, 0) is 38.8 Å². The van der Waals surface area contributed by atoms with E-state index in [0.717, 1.165) is 23.4 Å². The summed E-state index contributed by atoms with van der Waals surface area (Å²) in [6, 6.07) is 5.88. The number of benzene rings is 1. The smallest absolute Gasteiger partial charge is 0.252 e. The number of nitrogens with one attached hydrogen (secondary N) is 1. The van der Waals surface area contributed by atoms with Gasteiger partial charge in [0.05, 0.1) is 18.8 Å². The number of halogens is 2. The minimum atomic E-state index is -2.64. The Morgan fingerprint density at radius 2 is 2.12 bits per heavy atom. The molecule has 3 rings (SSSR count). The average molecular weight is 362 g/mol. The van der Waals surface area contributed by atoms with Crippen LogP contribution in [0.25, 0.3) is 0 Å². The number of ether oxygens (including phenoxy) is 1. The minimum absolute atomic E-state index is 0.232. The van der Waals surface area contributed by atoms with Gasteiger partial charge in [0.25, 0.3) is 6.43 Å². The van der Waals surface area contributed by atoms with Crippen LogP contribution >= 0.6 is 0 Å². The van der Waals surface area contributed by atoms with Crippen molar-refractivity contribution in [2.24, 2.45) is 5.41 Å². The number of hydrogen-bond donors (Lipinski definition) is 1. The molecule has 26 heavy (non-hydrogen) atoms. The van der Waals surface area contributed by atoms with Crippen LogP contribution in [0.2, 0.25) is 0 Å². The predicted molar refractivity (Wildman–Crippen MR) is 96.1 cm³/mol. The van der Waals surface area contributed by atoms with Gasteiger partial charge < -0.3 is 15.0 Å². The van der Waals surface area contributed by atoms with Crippen molar-refractivity contribution < 1.29 is 18.3 Å². The number of carbonyl (C=O) groups is 1. The van der Waals surface area contributed by atoms with Crippen LogP contribution < -0.4 is 10.2 Å². The molecule has 0 saturated heterocycles. The highest BCUT2D eigenvalue weighted by Crippen LogP contribution is 2.51. The Bertz CT molecular complexity index is 761. The fraction of sp³-hybridized carbons (Fsp3) is 0.550. The lowest BCUT2D eigenvalue weighted by Crippen LogP contribution is -2.47. The fourth-order valence-corrected chi connectivity index (χ4v) is 3.04. The molecule has 1 aliphatic carbocycles. The van der Waals surface area contributed by atoms with Crippen LogP contribution in [0.3, 0.4) is 0 Å². The van der Waals surface area contributed by atoms with Crippen molar-refractivity contribution in [3.05, 3.63) is 29.3 Å². The van der Waals surface area contributed by atoms with Gasteiger partial charge in [-0.15, -0.1) is 0 Å². The van der Waals surface area contributed by atoms with Gasteiger partial charge >= 0.3 is 0 Å². The highest BCUT2D eigenvalue weighted by molar-refractivity contribution is 5.86. The van der Waals surface area contributed by atoms with Gasteiger partial charge in [0.15, 0.2) is 0 Å². The lowest BCUT2D eigenvalue weighted by Gasteiger charge is -2.24. The molecule has 1 fully saturated rings. The van der Waals surface area contributed by atoms with E-state index in [4.69, 9.17) is 4.74 Å². The Labute approximate surface area is 152 Å². The van der Waals surface area contributed by atoms with Crippen molar-refractivity contribution in [3.63, 3.8) is 0 Å². The second kappa shape index (κ2) is 6.88. The molecule has 1 amide bonds. The zero-order valence-corrected chi connectivity index (χ0v) is 15.4. The normalized spacial score (nSPS) is 18.5. The third-order valence-electron chi connectivity index (χ3n) is 4.97. The highest BCUT2D eigenvalue weighted by Gasteiger charge is 2.58. The summed E-state index contributed by atoms with van der Waals surface area (Å²) in [5, 5.41) is 2.68. The molecule has 1 aliphatic heterocycles. The first kappa shape index (κ1) is 18.7. The molecule has 1 aromatic carbocycles. The maximum absolute atomic E-state index is 13.1. The molecular formula is C20H24F2N2O2. The van der Waals surface area contributed by atoms with Crippen molar-refractivity contribution in [1.29, 1.82) is 0 Å². The van der Waals surface area contributed by atoms with Crippen LogP contribution in [0.5, 0.6) is 0 Å². The van der Waals surface area contributed by atoms with Gasteiger partial charge in [-0.1, -0.05) is 17.9 Å². The number of amides is 1. The van der Waals surface area contributed by atoms with Crippen molar-refractivity contribution >= 4 is 11.6 Å². The van der Waals surface area contributed by atoms with E-state index in [9.17, 15) is 13.6 Å². The number of nitrogens with zero attached hydrogens (tertiary/aromatic N) is 1. The van der Waals surface area contributed by atoms with Crippen molar-refractivity contribution in [1.82, 2.24) is 5.32 Å². The molecule has 1 saturated carbocycles. The first-order valence-electron chi connectivity index (χ1n) is 8.80. The average Bonchev–Trinajstić information content (AvgIpc) is 3.39. The number of hydrogen-bond acceptors (Lipinski definition) is 3. The zero-order chi connectivity index (χ0) is 18.9. The molecule has 0 atom stereocenters. The van der Waals surface area contributed by atoms with E-state index in [2.05, 4.69) is 22.1 Å². The molecule has 140 valence electrons. The van der Waals surface area contributed by atoms with Crippen molar-refractivity contribution in [2.45, 2.75) is 45.3 Å². The molecule has 0 bridgehead atoms. The Balaban J connectivity index is 1.80. The predicted octanol–water partition coefficient (Wildman–Crippen LogP) is 2.94. The molecule has 1 N–H and O–H groups in total. The summed E-state index contributed by atoms with van der Waals surface area (Å²) in [7, 11) is 2.01. The van der Waals surface area contributed by atoms with E-state index in [1.807, 2.05) is 25.2 Å². The molecule has 0 spiro atoms. The lowest BCUT2D eigenvalue weighted by molar-refractivity contribution is -0.133. The van der Waals surface area contributed by atoms with E-state index in [-0.39, 0.29) is 12.8 Å². The summed E-state index contributed by atoms with van der Waals surface area (Å²) in [6.07, 6.45) is -2.17. The van der Waals surface area contributed by atoms with Crippen molar-refractivity contribution in [3.8, 4) is 11.8 Å². The van der Waals surface area contributed by atoms with Crippen LogP contribution in [-0.2, 0) is 16.1 Å². The van der Waals surface area contributed by atoms with Crippen LogP contribution in [0, 0.1) is 17.3 Å². The quantitative estimate of drug-likeness (QED) is 0.841. The molecule has 0 aromatic heterocycles. The van der Waals surface area contributed by atoms with Gasteiger partial charge in [-0.3, -0.25) is 4.79 Å². The number of fused-ring (bicyclic) bond motifs is 1. The maximum Gasteiger partial charge on any atom is 0.252 e. The van der Waals surface area contributed by atoms with Crippen LogP contribution in [0.4, 0.5) is 14.5 Å². The van der Waals surface area contributed by atoms with Gasteiger partial charge in [-0.25, -0.2) is 8.78 Å². The molecule has 4 nitrogen and oxygen atoms in total. The molecule has 2 aliphatic rings. The number of rotatable bonds is 3. The van der Waals surface area contributed by atoms with E-state index in [0.29, 0.717) is 13.2 Å². The maximum atomic E-state index is 13.1. The Morgan fingerprint density at radius 1 is 1.38 bits per heavy atom. The Kier molecular flexibility index (Phi) is 4.94. The zero-order valence-electron chi connectivity index (χ0n) is 15.4. The molecule has 0 radical (unpaired) electrons. The summed E-state index contributed by atoms with van der Waals surface area (Å²) in [4.78, 5) is 14.4. The largest absolute Gasteiger partial charge is 0.375 e. The summed E-state index contributed by atoms with van der Waals surface area (Å²) < 4.78 is 31.8. The standard InChI is InChI=1S/C20H24F2N2O2/c1-19(2,23-18(25)20(9-10-20)17(21)22)8-7-14-5-4-6-16-15(14)13-26-12-11-24(16)3/h4-6,17H,9-13H2,1-3H3,(H,23,25). The highest BCUT2D eigenvalue weighted by atomic mass is 19.3. The third-order valence-corrected chi connectivity index (χ3v) is 4.97. The number of likely N-dealkylation sites (N-methyl/N-ethyl adjacent to an activating group) is 1. The van der Waals surface area contributed by atoms with Crippen LogP contribution in [0.15, 0.2) is 18.2 Å². The van der Waals surface area contributed by atoms with Gasteiger partial charge in [0.1, 0.15) is 5.41 Å². The summed E-state index contributed by atoms with van der Waals surface area (Å²) in [6.45, 7) is 5.38. The topological polar surface area (TPSA) is 41.6 Å². The number of carbonyl (C=O) groups excluding carboxylic acids is 1. The molecule has 0 unspecified atom stereocenters. The van der Waals surface area contributed by atoms with E-state index < -0.39 is 23.3 Å². The van der Waals surface area contributed by atoms with Crippen LogP contribution in [-0.4, -0.2) is 38.1 Å². The van der Waals surface area contributed by atoms with Gasteiger partial charge in [0.2, 0.25) is 5.91 Å². The second-order valence-corrected chi connectivity index (χ2v) is 7.56. The van der Waals surface area contributed by atoms with Gasteiger partial charge in [0, 0.05) is 30.4 Å². The fourth-order valence-electron chi connectivity index (χ4n) is 3.04. The van der Waals surface area contributed by atoms with E-state index in [1.54, 1.807) is 13.8 Å².